The van der Waals surface area contributed by atoms with Crippen molar-refractivity contribution in [2.75, 3.05) is 11.1 Å². The number of halogens is 1. The maximum Gasteiger partial charge on any atom is 0.0380 e. The first-order chi connectivity index (χ1) is 6.84. The predicted octanol–water partition coefficient (Wildman–Crippen LogP) is 3.14. The second kappa shape index (κ2) is 3.93. The molecule has 3 N–H and O–H groups in total. The Balaban J connectivity index is 0.000000853. The Morgan fingerprint density at radius 1 is 1.20 bits per heavy atom. The summed E-state index contributed by atoms with van der Waals surface area (Å²) in [6, 6.07) is 6.95. The lowest BCUT2D eigenvalue weighted by Crippen LogP contribution is -2.23. The molecule has 0 amide bonds. The Morgan fingerprint density at radius 3 is 2.87 bits per heavy atom. The van der Waals surface area contributed by atoms with E-state index in [1.807, 2.05) is 6.07 Å². The van der Waals surface area contributed by atoms with Crippen molar-refractivity contribution >= 4 is 23.8 Å². The molecule has 2 nitrogen and oxygen atoms in total. The van der Waals surface area contributed by atoms with Gasteiger partial charge in [-0.05, 0) is 36.6 Å². The average Bonchev–Trinajstić information content (AvgIpc) is 2.56. The minimum absolute atomic E-state index is 0. The second-order valence-corrected chi connectivity index (χ2v) is 4.49. The third kappa shape index (κ3) is 1.67. The smallest absolute Gasteiger partial charge is 0.0380 e. The van der Waals surface area contributed by atoms with Gasteiger partial charge in [-0.25, -0.2) is 0 Å². The van der Waals surface area contributed by atoms with Crippen LogP contribution in [0.3, 0.4) is 0 Å². The molecule has 3 heteroatoms. The van der Waals surface area contributed by atoms with Crippen LogP contribution in [0.2, 0.25) is 0 Å². The fraction of sp³-hybridized carbons (Fsp3) is 0.500. The molecule has 15 heavy (non-hydrogen) atoms. The summed E-state index contributed by atoms with van der Waals surface area (Å²) in [7, 11) is 0. The van der Waals surface area contributed by atoms with Crippen LogP contribution in [0.5, 0.6) is 0 Å². The standard InChI is InChI=1S/C12H16N2.ClH/c13-8-5-6-12-10(7-8)9-3-1-2-4-11(9)14-12;/h5-7,9,11,14H,1-4,13H2;1H. The van der Waals surface area contributed by atoms with Gasteiger partial charge in [0.1, 0.15) is 0 Å². The molecule has 1 aliphatic carbocycles. The van der Waals surface area contributed by atoms with E-state index in [1.165, 1.54) is 36.9 Å². The van der Waals surface area contributed by atoms with E-state index < -0.39 is 0 Å². The maximum absolute atomic E-state index is 5.82. The Hall–Kier alpha value is -0.890. The maximum atomic E-state index is 5.82. The van der Waals surface area contributed by atoms with Crippen LogP contribution in [-0.4, -0.2) is 6.04 Å². The van der Waals surface area contributed by atoms with Crippen LogP contribution in [0.15, 0.2) is 18.2 Å². The van der Waals surface area contributed by atoms with E-state index in [0.29, 0.717) is 6.04 Å². The zero-order valence-corrected chi connectivity index (χ0v) is 9.52. The van der Waals surface area contributed by atoms with E-state index in [2.05, 4.69) is 17.4 Å². The van der Waals surface area contributed by atoms with Gasteiger partial charge in [-0.1, -0.05) is 12.8 Å². The highest BCUT2D eigenvalue weighted by Crippen LogP contribution is 2.44. The zero-order valence-electron chi connectivity index (χ0n) is 8.70. The molecule has 1 fully saturated rings. The number of hydrogen-bond acceptors (Lipinski definition) is 2. The Morgan fingerprint density at radius 2 is 2.00 bits per heavy atom. The molecule has 0 spiro atoms. The fourth-order valence-corrected chi connectivity index (χ4v) is 2.90. The molecule has 1 saturated carbocycles. The molecular formula is C12H17ClN2. The van der Waals surface area contributed by atoms with Crippen LogP contribution in [0.25, 0.3) is 0 Å². The Kier molecular flexibility index (Phi) is 2.79. The summed E-state index contributed by atoms with van der Waals surface area (Å²) in [6.07, 6.45) is 5.39. The number of anilines is 2. The van der Waals surface area contributed by atoms with Gasteiger partial charge in [0.25, 0.3) is 0 Å². The first kappa shape index (κ1) is 10.6. The van der Waals surface area contributed by atoms with Crippen molar-refractivity contribution in [3.8, 4) is 0 Å². The number of nitrogen functional groups attached to an aromatic ring is 1. The normalized spacial score (nSPS) is 27.2. The zero-order chi connectivity index (χ0) is 9.54. The monoisotopic (exact) mass is 224 g/mol. The molecule has 2 atom stereocenters. The molecule has 1 aromatic rings. The molecule has 2 aliphatic rings. The third-order valence-corrected chi connectivity index (χ3v) is 3.58. The summed E-state index contributed by atoms with van der Waals surface area (Å²) >= 11 is 0. The van der Waals surface area contributed by atoms with Crippen LogP contribution in [0.4, 0.5) is 11.4 Å². The SMILES string of the molecule is Cl.Nc1ccc2c(c1)C1CCCCC1N2. The second-order valence-electron chi connectivity index (χ2n) is 4.49. The van der Waals surface area contributed by atoms with Gasteiger partial charge in [-0.2, -0.15) is 0 Å². The van der Waals surface area contributed by atoms with Crippen molar-refractivity contribution in [1.82, 2.24) is 0 Å². The van der Waals surface area contributed by atoms with Crippen molar-refractivity contribution in [1.29, 1.82) is 0 Å². The van der Waals surface area contributed by atoms with E-state index in [0.717, 1.165) is 11.6 Å². The summed E-state index contributed by atoms with van der Waals surface area (Å²) in [5.74, 6) is 0.724. The lowest BCUT2D eigenvalue weighted by atomic mass is 9.83. The average molecular weight is 225 g/mol. The summed E-state index contributed by atoms with van der Waals surface area (Å²) in [6.45, 7) is 0. The highest BCUT2D eigenvalue weighted by Gasteiger charge is 2.33. The number of hydrogen-bond donors (Lipinski definition) is 2. The highest BCUT2D eigenvalue weighted by atomic mass is 35.5. The first-order valence-corrected chi connectivity index (χ1v) is 5.50. The molecule has 2 unspecified atom stereocenters. The molecule has 0 aromatic heterocycles. The molecule has 0 radical (unpaired) electrons. The highest BCUT2D eigenvalue weighted by molar-refractivity contribution is 5.85. The van der Waals surface area contributed by atoms with Gasteiger partial charge in [0, 0.05) is 23.3 Å². The van der Waals surface area contributed by atoms with E-state index in [-0.39, 0.29) is 12.4 Å². The van der Waals surface area contributed by atoms with Crippen LogP contribution in [0, 0.1) is 0 Å². The number of nitrogens with one attached hydrogen (secondary N) is 1. The van der Waals surface area contributed by atoms with E-state index in [9.17, 15) is 0 Å². The number of rotatable bonds is 0. The van der Waals surface area contributed by atoms with Gasteiger partial charge < -0.3 is 11.1 Å². The van der Waals surface area contributed by atoms with Crippen LogP contribution in [0.1, 0.15) is 37.2 Å². The van der Waals surface area contributed by atoms with Crippen LogP contribution >= 0.6 is 12.4 Å². The Bertz CT molecular complexity index is 365. The largest absolute Gasteiger partial charge is 0.399 e. The minimum Gasteiger partial charge on any atom is -0.399 e. The third-order valence-electron chi connectivity index (χ3n) is 3.58. The number of nitrogens with two attached hydrogens (primary N) is 1. The minimum atomic E-state index is 0. The molecule has 1 aliphatic heterocycles. The lowest BCUT2D eigenvalue weighted by molar-refractivity contribution is 0.422. The molecule has 0 bridgehead atoms. The van der Waals surface area contributed by atoms with Gasteiger partial charge in [0.05, 0.1) is 0 Å². The van der Waals surface area contributed by atoms with Crippen molar-refractivity contribution in [3.63, 3.8) is 0 Å². The van der Waals surface area contributed by atoms with Gasteiger partial charge >= 0.3 is 0 Å². The topological polar surface area (TPSA) is 38.0 Å². The number of fused-ring (bicyclic) bond motifs is 3. The molecule has 3 rings (SSSR count). The first-order valence-electron chi connectivity index (χ1n) is 5.50. The van der Waals surface area contributed by atoms with Crippen molar-refractivity contribution in [3.05, 3.63) is 23.8 Å². The van der Waals surface area contributed by atoms with Gasteiger partial charge in [0.15, 0.2) is 0 Å². The summed E-state index contributed by atoms with van der Waals surface area (Å²) in [4.78, 5) is 0. The van der Waals surface area contributed by atoms with Crippen molar-refractivity contribution in [2.24, 2.45) is 0 Å². The molecule has 1 heterocycles. The molecular weight excluding hydrogens is 208 g/mol. The van der Waals surface area contributed by atoms with E-state index in [4.69, 9.17) is 5.73 Å². The van der Waals surface area contributed by atoms with Crippen molar-refractivity contribution < 1.29 is 0 Å². The quantitative estimate of drug-likeness (QED) is 0.665. The van der Waals surface area contributed by atoms with Crippen molar-refractivity contribution in [2.45, 2.75) is 37.6 Å². The predicted molar refractivity (Wildman–Crippen MR) is 66.7 cm³/mol. The molecule has 1 aromatic carbocycles. The Labute approximate surface area is 96.7 Å². The molecule has 0 saturated heterocycles. The number of benzene rings is 1. The fourth-order valence-electron chi connectivity index (χ4n) is 2.90. The summed E-state index contributed by atoms with van der Waals surface area (Å²) in [5, 5.41) is 3.61. The summed E-state index contributed by atoms with van der Waals surface area (Å²) in [5.41, 5.74) is 9.49. The van der Waals surface area contributed by atoms with Gasteiger partial charge in [0.2, 0.25) is 0 Å². The van der Waals surface area contributed by atoms with Crippen LogP contribution in [-0.2, 0) is 0 Å². The lowest BCUT2D eigenvalue weighted by Gasteiger charge is -2.25. The van der Waals surface area contributed by atoms with Crippen LogP contribution < -0.4 is 11.1 Å². The van der Waals surface area contributed by atoms with Gasteiger partial charge in [-0.3, -0.25) is 0 Å². The molecule has 82 valence electrons. The van der Waals surface area contributed by atoms with Gasteiger partial charge in [-0.15, -0.1) is 12.4 Å². The van der Waals surface area contributed by atoms with E-state index >= 15 is 0 Å². The van der Waals surface area contributed by atoms with E-state index in [1.54, 1.807) is 0 Å². The summed E-state index contributed by atoms with van der Waals surface area (Å²) < 4.78 is 0.